The van der Waals surface area contributed by atoms with Gasteiger partial charge in [0.25, 0.3) is 0 Å². The lowest BCUT2D eigenvalue weighted by molar-refractivity contribution is -0.151. The van der Waals surface area contributed by atoms with Gasteiger partial charge in [-0.15, -0.1) is 0 Å². The minimum atomic E-state index is -4.53. The van der Waals surface area contributed by atoms with E-state index in [-0.39, 0.29) is 48.0 Å². The first-order valence-electron chi connectivity index (χ1n) is 8.87. The Morgan fingerprint density at radius 2 is 2.11 bits per heavy atom. The van der Waals surface area contributed by atoms with E-state index in [0.717, 1.165) is 12.3 Å². The van der Waals surface area contributed by atoms with E-state index in [9.17, 15) is 22.8 Å². The highest BCUT2D eigenvalue weighted by molar-refractivity contribution is 6.33. The third-order valence-electron chi connectivity index (χ3n) is 4.61. The van der Waals surface area contributed by atoms with Crippen LogP contribution in [0.2, 0.25) is 5.02 Å². The normalized spacial score (nSPS) is 17.8. The smallest absolute Gasteiger partial charge is 0.417 e. The van der Waals surface area contributed by atoms with Gasteiger partial charge < -0.3 is 14.0 Å². The highest BCUT2D eigenvalue weighted by atomic mass is 35.5. The van der Waals surface area contributed by atoms with Gasteiger partial charge in [-0.3, -0.25) is 9.59 Å². The molecule has 28 heavy (non-hydrogen) atoms. The lowest BCUT2D eigenvalue weighted by Crippen LogP contribution is -2.43. The number of ether oxygens (including phenoxy) is 1. The second-order valence-corrected chi connectivity index (χ2v) is 7.05. The average Bonchev–Trinajstić information content (AvgIpc) is 3.04. The Labute approximate surface area is 164 Å². The van der Waals surface area contributed by atoms with Crippen LogP contribution in [-0.4, -0.2) is 45.9 Å². The summed E-state index contributed by atoms with van der Waals surface area (Å²) in [5.74, 6) is -0.925. The zero-order valence-electron chi connectivity index (χ0n) is 15.1. The Morgan fingerprint density at radius 1 is 1.36 bits per heavy atom. The summed E-state index contributed by atoms with van der Waals surface area (Å²) >= 11 is 5.92. The number of amides is 1. The Morgan fingerprint density at radius 3 is 2.79 bits per heavy atom. The fraction of sp³-hybridized carbons (Fsp3) is 0.500. The molecule has 0 saturated carbocycles. The first-order chi connectivity index (χ1) is 13.2. The molecular formula is C18H19ClF3N3O3. The molecule has 6 nitrogen and oxygen atoms in total. The number of hydrogen-bond donors (Lipinski definition) is 0. The van der Waals surface area contributed by atoms with E-state index in [1.807, 2.05) is 0 Å². The standard InChI is InChI=1S/C18H19ClF3N3O3/c1-2-28-17(27)11-4-3-5-24(8-11)15(26)7-13-10-25-9-12(18(20,21)22)6-14(19)16(25)23-13/h6,9-11H,2-5,7-8H2,1H3. The summed E-state index contributed by atoms with van der Waals surface area (Å²) < 4.78 is 45.0. The monoisotopic (exact) mass is 417 g/mol. The van der Waals surface area contributed by atoms with Gasteiger partial charge in [0.05, 0.1) is 35.2 Å². The number of piperidine rings is 1. The lowest BCUT2D eigenvalue weighted by atomic mass is 9.98. The summed E-state index contributed by atoms with van der Waals surface area (Å²) in [5, 5.41) is -0.145. The van der Waals surface area contributed by atoms with Crippen molar-refractivity contribution in [2.75, 3.05) is 19.7 Å². The zero-order chi connectivity index (χ0) is 20.5. The molecule has 0 spiro atoms. The molecule has 0 aromatic carbocycles. The van der Waals surface area contributed by atoms with Gasteiger partial charge in [0, 0.05) is 25.5 Å². The molecule has 0 radical (unpaired) electrons. The number of halogens is 4. The number of carbonyl (C=O) groups excluding carboxylic acids is 2. The van der Waals surface area contributed by atoms with E-state index in [1.54, 1.807) is 11.8 Å². The second kappa shape index (κ2) is 7.98. The van der Waals surface area contributed by atoms with E-state index < -0.39 is 11.7 Å². The van der Waals surface area contributed by atoms with Gasteiger partial charge in [0.15, 0.2) is 5.65 Å². The number of imidazole rings is 1. The number of nitrogens with zero attached hydrogens (tertiary/aromatic N) is 3. The van der Waals surface area contributed by atoms with Crippen molar-refractivity contribution in [2.45, 2.75) is 32.4 Å². The third-order valence-corrected chi connectivity index (χ3v) is 4.89. The number of esters is 1. The van der Waals surface area contributed by atoms with Gasteiger partial charge in [0.1, 0.15) is 0 Å². The number of fused-ring (bicyclic) bond motifs is 1. The number of aromatic nitrogens is 2. The average molecular weight is 418 g/mol. The third kappa shape index (κ3) is 4.40. The molecule has 1 aliphatic heterocycles. The van der Waals surface area contributed by atoms with Crippen LogP contribution in [0.15, 0.2) is 18.5 Å². The SMILES string of the molecule is CCOC(=O)C1CCCN(C(=O)Cc2cn3cc(C(F)(F)F)cc(Cl)c3n2)C1. The fourth-order valence-electron chi connectivity index (χ4n) is 3.27. The molecule has 1 atom stereocenters. The molecule has 3 heterocycles. The van der Waals surface area contributed by atoms with Crippen LogP contribution in [0.4, 0.5) is 13.2 Å². The highest BCUT2D eigenvalue weighted by Crippen LogP contribution is 2.32. The molecular weight excluding hydrogens is 399 g/mol. The zero-order valence-corrected chi connectivity index (χ0v) is 15.9. The molecule has 10 heteroatoms. The van der Waals surface area contributed by atoms with Gasteiger partial charge >= 0.3 is 12.1 Å². The van der Waals surface area contributed by atoms with Crippen molar-refractivity contribution in [1.82, 2.24) is 14.3 Å². The van der Waals surface area contributed by atoms with Gasteiger partial charge in [-0.05, 0) is 25.8 Å². The van der Waals surface area contributed by atoms with Gasteiger partial charge in [-0.2, -0.15) is 13.2 Å². The maximum atomic E-state index is 12.9. The van der Waals surface area contributed by atoms with Crippen molar-refractivity contribution in [1.29, 1.82) is 0 Å². The van der Waals surface area contributed by atoms with E-state index >= 15 is 0 Å². The van der Waals surface area contributed by atoms with Crippen molar-refractivity contribution in [3.63, 3.8) is 0 Å². The molecule has 1 fully saturated rings. The number of alkyl halides is 3. The maximum absolute atomic E-state index is 12.9. The molecule has 2 aromatic heterocycles. The predicted octanol–water partition coefficient (Wildman–Crippen LogP) is 3.35. The first kappa shape index (κ1) is 20.4. The van der Waals surface area contributed by atoms with Gasteiger partial charge in [-0.1, -0.05) is 11.6 Å². The largest absolute Gasteiger partial charge is 0.466 e. The predicted molar refractivity (Wildman–Crippen MR) is 94.8 cm³/mol. The molecule has 1 unspecified atom stereocenters. The Kier molecular flexibility index (Phi) is 5.83. The highest BCUT2D eigenvalue weighted by Gasteiger charge is 2.32. The summed E-state index contributed by atoms with van der Waals surface area (Å²) in [7, 11) is 0. The van der Waals surface area contributed by atoms with Crippen LogP contribution in [0.1, 0.15) is 31.0 Å². The minimum Gasteiger partial charge on any atom is -0.466 e. The maximum Gasteiger partial charge on any atom is 0.417 e. The van der Waals surface area contributed by atoms with E-state index in [0.29, 0.717) is 25.1 Å². The van der Waals surface area contributed by atoms with Crippen molar-refractivity contribution in [3.05, 3.63) is 34.7 Å². The summed E-state index contributed by atoms with van der Waals surface area (Å²) in [6.45, 7) is 2.79. The molecule has 3 rings (SSSR count). The molecule has 152 valence electrons. The summed E-state index contributed by atoms with van der Waals surface area (Å²) in [6.07, 6.45) is -1.03. The van der Waals surface area contributed by atoms with Gasteiger partial charge in [0.2, 0.25) is 5.91 Å². The van der Waals surface area contributed by atoms with Crippen LogP contribution in [0.25, 0.3) is 5.65 Å². The minimum absolute atomic E-state index is 0.0884. The molecule has 2 aromatic rings. The molecule has 1 aliphatic rings. The number of likely N-dealkylation sites (tertiary alicyclic amines) is 1. The van der Waals surface area contributed by atoms with Crippen molar-refractivity contribution in [3.8, 4) is 0 Å². The Hall–Kier alpha value is -2.29. The molecule has 0 N–H and O–H groups in total. The second-order valence-electron chi connectivity index (χ2n) is 6.65. The van der Waals surface area contributed by atoms with Crippen molar-refractivity contribution < 1.29 is 27.5 Å². The van der Waals surface area contributed by atoms with E-state index in [4.69, 9.17) is 16.3 Å². The summed E-state index contributed by atoms with van der Waals surface area (Å²) in [5.41, 5.74) is -0.432. The number of pyridine rings is 1. The van der Waals surface area contributed by atoms with Crippen LogP contribution in [0.5, 0.6) is 0 Å². The van der Waals surface area contributed by atoms with Crippen LogP contribution >= 0.6 is 11.6 Å². The Bertz CT molecular complexity index is 897. The van der Waals surface area contributed by atoms with E-state index in [2.05, 4.69) is 4.98 Å². The lowest BCUT2D eigenvalue weighted by Gasteiger charge is -2.31. The fourth-order valence-corrected chi connectivity index (χ4v) is 3.53. The topological polar surface area (TPSA) is 63.9 Å². The molecule has 1 saturated heterocycles. The Balaban J connectivity index is 1.74. The van der Waals surface area contributed by atoms with Crippen LogP contribution in [0, 0.1) is 5.92 Å². The number of carbonyl (C=O) groups is 2. The van der Waals surface area contributed by atoms with Gasteiger partial charge in [-0.25, -0.2) is 4.98 Å². The molecule has 1 amide bonds. The summed E-state index contributed by atoms with van der Waals surface area (Å²) in [6, 6.07) is 0.810. The van der Waals surface area contributed by atoms with Crippen LogP contribution in [0.3, 0.4) is 0 Å². The molecule has 0 aliphatic carbocycles. The summed E-state index contributed by atoms with van der Waals surface area (Å²) in [4.78, 5) is 30.2. The van der Waals surface area contributed by atoms with Crippen LogP contribution < -0.4 is 0 Å². The first-order valence-corrected chi connectivity index (χ1v) is 9.25. The quantitative estimate of drug-likeness (QED) is 0.716. The van der Waals surface area contributed by atoms with Crippen molar-refractivity contribution in [2.24, 2.45) is 5.92 Å². The van der Waals surface area contributed by atoms with Crippen LogP contribution in [-0.2, 0) is 26.9 Å². The van der Waals surface area contributed by atoms with Crippen molar-refractivity contribution >= 4 is 29.1 Å². The number of hydrogen-bond acceptors (Lipinski definition) is 4. The molecule has 0 bridgehead atoms. The van der Waals surface area contributed by atoms with E-state index in [1.165, 1.54) is 10.6 Å². The number of rotatable bonds is 4.